The molecule has 2 amide bonds. The standard InChI is InChI=1S/C33H34ClF3N8O6/c1-15-10-43(11-16-3-7-50-16)5-6-45(15)20-9-18(26(34)30(37)41-20)40-21(46)13-44-12-17(23-32(44)39-14-42(2)33(23)49)22-24(19-4-8-51-19)25(31(38)48)29(47)28(36)27(22)35/h9,12,14-16,19,47H,3-8,10-11,13H2,1-2H3,(H2,38,48)(H,40,41,46)/t15-,16?,19?/m0/s1. The summed E-state index contributed by atoms with van der Waals surface area (Å²) in [6.45, 7) is 5.22. The van der Waals surface area contributed by atoms with Crippen LogP contribution in [0.15, 0.2) is 23.4 Å². The van der Waals surface area contributed by atoms with Crippen molar-refractivity contribution in [1.82, 2.24) is 24.0 Å². The number of hydrogen-bond donors (Lipinski definition) is 3. The van der Waals surface area contributed by atoms with Gasteiger partial charge in [0, 0.05) is 81.2 Å². The van der Waals surface area contributed by atoms with Crippen molar-refractivity contribution in [2.75, 3.05) is 49.6 Å². The molecular formula is C33H34ClF3N8O6. The minimum absolute atomic E-state index is 0.0377. The lowest BCUT2D eigenvalue weighted by Gasteiger charge is -2.42. The lowest BCUT2D eigenvalue weighted by Crippen LogP contribution is -2.54. The Morgan fingerprint density at radius 3 is 2.51 bits per heavy atom. The van der Waals surface area contributed by atoms with Crippen LogP contribution in [0.2, 0.25) is 5.02 Å². The number of amides is 2. The molecule has 18 heteroatoms. The Bertz CT molecular complexity index is 2140. The summed E-state index contributed by atoms with van der Waals surface area (Å²) in [6.07, 6.45) is 2.96. The van der Waals surface area contributed by atoms with Crippen LogP contribution in [0.25, 0.3) is 22.2 Å². The molecule has 0 saturated carbocycles. The van der Waals surface area contributed by atoms with Crippen LogP contribution in [-0.4, -0.2) is 92.5 Å². The molecule has 4 aromatic rings. The van der Waals surface area contributed by atoms with Crippen molar-refractivity contribution in [1.29, 1.82) is 0 Å². The van der Waals surface area contributed by atoms with E-state index in [1.165, 1.54) is 30.2 Å². The van der Waals surface area contributed by atoms with Crippen LogP contribution in [-0.2, 0) is 27.9 Å². The highest BCUT2D eigenvalue weighted by molar-refractivity contribution is 6.33. The second-order valence-electron chi connectivity index (χ2n) is 12.9. The third-order valence-corrected chi connectivity index (χ3v) is 9.98. The number of halogens is 4. The van der Waals surface area contributed by atoms with E-state index < -0.39 is 69.5 Å². The van der Waals surface area contributed by atoms with Gasteiger partial charge in [-0.05, 0) is 13.3 Å². The number of ether oxygens (including phenoxy) is 2. The topological polar surface area (TPSA) is 170 Å². The number of nitrogens with two attached hydrogens (primary N) is 1. The third kappa shape index (κ3) is 6.17. The molecule has 3 aliphatic rings. The Hall–Kier alpha value is -4.71. The predicted octanol–water partition coefficient (Wildman–Crippen LogP) is 3.07. The van der Waals surface area contributed by atoms with Crippen LogP contribution in [0.3, 0.4) is 0 Å². The van der Waals surface area contributed by atoms with E-state index in [0.29, 0.717) is 19.6 Å². The summed E-state index contributed by atoms with van der Waals surface area (Å²) in [4.78, 5) is 52.0. The predicted molar refractivity (Wildman–Crippen MR) is 179 cm³/mol. The van der Waals surface area contributed by atoms with E-state index in [2.05, 4.69) is 20.2 Å². The number of piperazine rings is 1. The summed E-state index contributed by atoms with van der Waals surface area (Å²) in [7, 11) is 1.39. The molecule has 0 aliphatic carbocycles. The number of anilines is 2. The molecule has 3 atom stereocenters. The van der Waals surface area contributed by atoms with E-state index in [1.54, 1.807) is 0 Å². The molecule has 7 rings (SSSR count). The molecule has 51 heavy (non-hydrogen) atoms. The molecule has 0 radical (unpaired) electrons. The molecule has 4 N–H and O–H groups in total. The smallest absolute Gasteiger partial charge is 0.263 e. The highest BCUT2D eigenvalue weighted by Crippen LogP contribution is 2.46. The number of primary amides is 1. The first kappa shape index (κ1) is 34.7. The van der Waals surface area contributed by atoms with Gasteiger partial charge in [-0.25, -0.2) is 14.4 Å². The van der Waals surface area contributed by atoms with Gasteiger partial charge in [0.15, 0.2) is 11.6 Å². The lowest BCUT2D eigenvalue weighted by molar-refractivity contribution is -0.116. The molecule has 3 aliphatic heterocycles. The number of pyridine rings is 1. The zero-order valence-corrected chi connectivity index (χ0v) is 28.3. The van der Waals surface area contributed by atoms with Crippen LogP contribution in [0.1, 0.15) is 41.8 Å². The Balaban J connectivity index is 1.22. The van der Waals surface area contributed by atoms with Gasteiger partial charge in [0.25, 0.3) is 11.5 Å². The highest BCUT2D eigenvalue weighted by Gasteiger charge is 2.37. The van der Waals surface area contributed by atoms with Crippen LogP contribution < -0.4 is 21.5 Å². The van der Waals surface area contributed by atoms with Crippen LogP contribution in [0.4, 0.5) is 24.7 Å². The van der Waals surface area contributed by atoms with Crippen LogP contribution in [0, 0.1) is 17.6 Å². The molecule has 14 nitrogen and oxygen atoms in total. The molecular weight excluding hydrogens is 697 g/mol. The number of nitrogens with one attached hydrogen (secondary N) is 1. The molecule has 6 heterocycles. The Morgan fingerprint density at radius 1 is 1.16 bits per heavy atom. The molecule has 3 saturated heterocycles. The molecule has 3 aromatic heterocycles. The minimum Gasteiger partial charge on any atom is -0.504 e. The summed E-state index contributed by atoms with van der Waals surface area (Å²) in [5.74, 6) is -7.28. The SMILES string of the molecule is C[C@H]1CN(CC2CCO2)CCN1c1cc(NC(=O)Cn2cc(-c3c(F)c(F)c(O)c(C(N)=O)c3C3CCO3)c3c(=O)n(C)cnc32)c(Cl)c(F)n1. The molecule has 1 aromatic carbocycles. The van der Waals surface area contributed by atoms with Crippen molar-refractivity contribution >= 4 is 46.0 Å². The number of carbonyl (C=O) groups is 2. The van der Waals surface area contributed by atoms with Gasteiger partial charge in [-0.2, -0.15) is 8.78 Å². The van der Waals surface area contributed by atoms with Crippen molar-refractivity contribution in [3.63, 3.8) is 0 Å². The number of aromatic hydroxyl groups is 1. The van der Waals surface area contributed by atoms with Crippen LogP contribution >= 0.6 is 11.6 Å². The highest BCUT2D eigenvalue weighted by atomic mass is 35.5. The number of benzene rings is 1. The van der Waals surface area contributed by atoms with Gasteiger partial charge < -0.3 is 39.7 Å². The zero-order chi connectivity index (χ0) is 36.3. The van der Waals surface area contributed by atoms with Gasteiger partial charge in [0.05, 0.1) is 41.8 Å². The average Bonchev–Trinajstić information content (AvgIpc) is 3.38. The monoisotopic (exact) mass is 730 g/mol. The number of phenols is 1. The maximum absolute atomic E-state index is 15.9. The summed E-state index contributed by atoms with van der Waals surface area (Å²) < 4.78 is 59.5. The number of hydrogen-bond acceptors (Lipinski definition) is 10. The summed E-state index contributed by atoms with van der Waals surface area (Å²) >= 11 is 6.26. The average molecular weight is 731 g/mol. The maximum Gasteiger partial charge on any atom is 0.263 e. The number of aromatic nitrogens is 4. The number of nitrogens with zero attached hydrogens (tertiary/aromatic N) is 6. The Morgan fingerprint density at radius 2 is 1.88 bits per heavy atom. The molecule has 0 bridgehead atoms. The Labute approximate surface area is 293 Å². The molecule has 2 unspecified atom stereocenters. The number of rotatable bonds is 9. The summed E-state index contributed by atoms with van der Waals surface area (Å²) in [5, 5.41) is 12.4. The lowest BCUT2D eigenvalue weighted by atomic mass is 9.87. The van der Waals surface area contributed by atoms with Crippen molar-refractivity contribution in [3.8, 4) is 16.9 Å². The quantitative estimate of drug-likeness (QED) is 0.218. The number of carbonyl (C=O) groups excluding carboxylic acids is 2. The zero-order valence-electron chi connectivity index (χ0n) is 27.6. The first-order valence-electron chi connectivity index (χ1n) is 16.3. The van der Waals surface area contributed by atoms with E-state index in [1.807, 2.05) is 11.8 Å². The first-order chi connectivity index (χ1) is 24.3. The Kier molecular flexibility index (Phi) is 9.15. The van der Waals surface area contributed by atoms with E-state index in [9.17, 15) is 19.5 Å². The molecule has 0 spiro atoms. The fourth-order valence-corrected chi connectivity index (χ4v) is 7.04. The van der Waals surface area contributed by atoms with Gasteiger partial charge in [-0.15, -0.1) is 0 Å². The number of aryl methyl sites for hydroxylation is 1. The first-order valence-corrected chi connectivity index (χ1v) is 16.7. The normalized spacial score (nSPS) is 20.7. The van der Waals surface area contributed by atoms with Gasteiger partial charge in [0.1, 0.15) is 23.0 Å². The third-order valence-electron chi connectivity index (χ3n) is 9.62. The van der Waals surface area contributed by atoms with E-state index in [-0.39, 0.29) is 58.8 Å². The fraction of sp³-hybridized carbons (Fsp3) is 0.424. The number of fused-ring (bicyclic) bond motifs is 1. The van der Waals surface area contributed by atoms with E-state index in [4.69, 9.17) is 26.8 Å². The van der Waals surface area contributed by atoms with Gasteiger partial charge >= 0.3 is 0 Å². The largest absolute Gasteiger partial charge is 0.504 e. The van der Waals surface area contributed by atoms with Crippen molar-refractivity contribution in [2.45, 2.75) is 44.6 Å². The molecule has 270 valence electrons. The second-order valence-corrected chi connectivity index (χ2v) is 13.3. The van der Waals surface area contributed by atoms with Gasteiger partial charge in [-0.3, -0.25) is 19.3 Å². The van der Waals surface area contributed by atoms with E-state index >= 15 is 13.2 Å². The minimum atomic E-state index is -1.76. The van der Waals surface area contributed by atoms with Crippen molar-refractivity contribution in [3.05, 3.63) is 62.7 Å². The van der Waals surface area contributed by atoms with Gasteiger partial charge in [-0.1, -0.05) is 11.6 Å². The summed E-state index contributed by atoms with van der Waals surface area (Å²) in [6, 6.07) is 1.44. The fourth-order valence-electron chi connectivity index (χ4n) is 6.89. The van der Waals surface area contributed by atoms with Crippen molar-refractivity contribution < 1.29 is 37.3 Å². The van der Waals surface area contributed by atoms with Crippen LogP contribution in [0.5, 0.6) is 5.75 Å². The van der Waals surface area contributed by atoms with Crippen molar-refractivity contribution in [2.24, 2.45) is 12.8 Å². The molecule has 3 fully saturated rings. The van der Waals surface area contributed by atoms with Gasteiger partial charge in [0.2, 0.25) is 17.7 Å². The maximum atomic E-state index is 15.9. The van der Waals surface area contributed by atoms with E-state index in [0.717, 1.165) is 24.1 Å². The second kappa shape index (κ2) is 13.4. The summed E-state index contributed by atoms with van der Waals surface area (Å²) in [5.41, 5.74) is 2.99.